The smallest absolute Gasteiger partial charge is 0.243 e. The number of carbonyl (C=O) groups is 1. The molecule has 1 fully saturated rings. The highest BCUT2D eigenvalue weighted by atomic mass is 16.5. The number of benzene rings is 1. The molecule has 26 heavy (non-hydrogen) atoms. The van der Waals surface area contributed by atoms with Gasteiger partial charge in [-0.25, -0.2) is 4.98 Å². The van der Waals surface area contributed by atoms with Crippen molar-refractivity contribution in [1.82, 2.24) is 4.98 Å². The van der Waals surface area contributed by atoms with E-state index in [0.29, 0.717) is 11.5 Å². The van der Waals surface area contributed by atoms with Crippen LogP contribution in [0.2, 0.25) is 0 Å². The Morgan fingerprint density at radius 3 is 2.69 bits per heavy atom. The second kappa shape index (κ2) is 8.32. The topological polar surface area (TPSA) is 81.5 Å². The Morgan fingerprint density at radius 1 is 1.27 bits per heavy atom. The van der Waals surface area contributed by atoms with Crippen LogP contribution in [0.4, 0.5) is 17.2 Å². The fourth-order valence-corrected chi connectivity index (χ4v) is 2.77. The van der Waals surface area contributed by atoms with E-state index in [-0.39, 0.29) is 12.5 Å². The lowest BCUT2D eigenvalue weighted by Crippen LogP contribution is -2.36. The summed E-state index contributed by atoms with van der Waals surface area (Å²) in [5.41, 5.74) is 2.20. The lowest BCUT2D eigenvalue weighted by atomic mass is 10.2. The minimum atomic E-state index is -0.143. The maximum Gasteiger partial charge on any atom is 0.243 e. The summed E-state index contributed by atoms with van der Waals surface area (Å²) in [6.45, 7) is 3.39. The minimum absolute atomic E-state index is 0.143. The van der Waals surface area contributed by atoms with Crippen LogP contribution in [0, 0.1) is 11.3 Å². The van der Waals surface area contributed by atoms with Gasteiger partial charge in [-0.05, 0) is 36.4 Å². The van der Waals surface area contributed by atoms with Crippen molar-refractivity contribution in [3.8, 4) is 6.07 Å². The first-order chi connectivity index (χ1) is 12.7. The number of ether oxygens (including phenoxy) is 1. The molecule has 0 unspecified atom stereocenters. The Hall–Kier alpha value is -3.11. The summed E-state index contributed by atoms with van der Waals surface area (Å²) in [6, 6.07) is 15.0. The highest BCUT2D eigenvalue weighted by molar-refractivity contribution is 5.94. The number of nitrogens with one attached hydrogen (secondary N) is 1. The van der Waals surface area contributed by atoms with Gasteiger partial charge >= 0.3 is 0 Å². The number of pyridine rings is 1. The van der Waals surface area contributed by atoms with Crippen LogP contribution in [0.25, 0.3) is 0 Å². The van der Waals surface area contributed by atoms with Gasteiger partial charge in [-0.2, -0.15) is 5.26 Å². The van der Waals surface area contributed by atoms with Crippen LogP contribution in [-0.4, -0.2) is 50.8 Å². The predicted molar refractivity (Wildman–Crippen MR) is 100 cm³/mol. The number of nitrogens with zero attached hydrogens (tertiary/aromatic N) is 4. The third-order valence-corrected chi connectivity index (χ3v) is 4.15. The summed E-state index contributed by atoms with van der Waals surface area (Å²) in [5.74, 6) is 0.442. The van der Waals surface area contributed by atoms with Crippen LogP contribution in [0.5, 0.6) is 0 Å². The van der Waals surface area contributed by atoms with Gasteiger partial charge in [-0.3, -0.25) is 4.79 Å². The van der Waals surface area contributed by atoms with Gasteiger partial charge < -0.3 is 19.9 Å². The highest BCUT2D eigenvalue weighted by Crippen LogP contribution is 2.19. The molecule has 1 aliphatic heterocycles. The summed E-state index contributed by atoms with van der Waals surface area (Å²) < 4.78 is 5.36. The van der Waals surface area contributed by atoms with Crippen LogP contribution in [0.15, 0.2) is 42.5 Å². The molecule has 1 aliphatic rings. The SMILES string of the molecule is CN(CC(=O)Nc1ccc(N2CCOCC2)cc1)c1cccc(C#N)n1. The van der Waals surface area contributed by atoms with E-state index >= 15 is 0 Å². The average Bonchev–Trinajstić information content (AvgIpc) is 2.69. The van der Waals surface area contributed by atoms with E-state index in [1.54, 1.807) is 30.1 Å². The Kier molecular flexibility index (Phi) is 5.66. The van der Waals surface area contributed by atoms with Crippen molar-refractivity contribution >= 4 is 23.1 Å². The van der Waals surface area contributed by atoms with E-state index in [2.05, 4.69) is 15.2 Å². The second-order valence-electron chi connectivity index (χ2n) is 6.04. The lowest BCUT2D eigenvalue weighted by Gasteiger charge is -2.28. The molecule has 0 radical (unpaired) electrons. The van der Waals surface area contributed by atoms with E-state index in [0.717, 1.165) is 37.7 Å². The molecule has 0 spiro atoms. The van der Waals surface area contributed by atoms with Gasteiger partial charge in [0.05, 0.1) is 19.8 Å². The number of aromatic nitrogens is 1. The van der Waals surface area contributed by atoms with Crippen LogP contribution >= 0.6 is 0 Å². The Balaban J connectivity index is 1.56. The fraction of sp³-hybridized carbons (Fsp3) is 0.316. The molecule has 7 heteroatoms. The van der Waals surface area contributed by atoms with Gasteiger partial charge in [0.2, 0.25) is 5.91 Å². The molecule has 1 N–H and O–H groups in total. The number of carbonyl (C=O) groups excluding carboxylic acids is 1. The molecule has 134 valence electrons. The zero-order chi connectivity index (χ0) is 18.4. The molecule has 2 aromatic rings. The number of hydrogen-bond acceptors (Lipinski definition) is 6. The number of anilines is 3. The van der Waals surface area contributed by atoms with Crippen LogP contribution in [-0.2, 0) is 9.53 Å². The maximum atomic E-state index is 12.3. The number of morpholine rings is 1. The van der Waals surface area contributed by atoms with E-state index in [4.69, 9.17) is 10.00 Å². The molecule has 7 nitrogen and oxygen atoms in total. The first-order valence-electron chi connectivity index (χ1n) is 8.46. The lowest BCUT2D eigenvalue weighted by molar-refractivity contribution is -0.114. The van der Waals surface area contributed by atoms with Crippen LogP contribution in [0.1, 0.15) is 5.69 Å². The zero-order valence-electron chi connectivity index (χ0n) is 14.7. The minimum Gasteiger partial charge on any atom is -0.378 e. The average molecular weight is 351 g/mol. The van der Waals surface area contributed by atoms with Crippen molar-refractivity contribution in [1.29, 1.82) is 5.26 Å². The highest BCUT2D eigenvalue weighted by Gasteiger charge is 2.12. The molecule has 2 heterocycles. The van der Waals surface area contributed by atoms with Crippen molar-refractivity contribution in [2.75, 3.05) is 55.0 Å². The fourth-order valence-electron chi connectivity index (χ4n) is 2.77. The van der Waals surface area contributed by atoms with Gasteiger partial charge in [-0.1, -0.05) is 6.07 Å². The standard InChI is InChI=1S/C19H21N5O2/c1-23(18-4-2-3-16(13-20)21-18)14-19(25)22-15-5-7-17(8-6-15)24-9-11-26-12-10-24/h2-8H,9-12,14H2,1H3,(H,22,25). The second-order valence-corrected chi connectivity index (χ2v) is 6.04. The van der Waals surface area contributed by atoms with E-state index in [9.17, 15) is 4.79 Å². The molecular formula is C19H21N5O2. The first kappa shape index (κ1) is 17.7. The third-order valence-electron chi connectivity index (χ3n) is 4.15. The van der Waals surface area contributed by atoms with Crippen LogP contribution in [0.3, 0.4) is 0 Å². The van der Waals surface area contributed by atoms with Gasteiger partial charge in [0, 0.05) is 31.5 Å². The molecule has 0 saturated carbocycles. The quantitative estimate of drug-likeness (QED) is 0.886. The number of nitriles is 1. The predicted octanol–water partition coefficient (Wildman–Crippen LogP) is 1.86. The molecule has 1 aromatic carbocycles. The monoisotopic (exact) mass is 351 g/mol. The summed E-state index contributed by atoms with van der Waals surface area (Å²) in [7, 11) is 1.77. The Bertz CT molecular complexity index is 794. The molecule has 1 aromatic heterocycles. The summed E-state index contributed by atoms with van der Waals surface area (Å²) in [4.78, 5) is 20.4. The molecule has 0 aliphatic carbocycles. The Morgan fingerprint density at radius 2 is 2.00 bits per heavy atom. The van der Waals surface area contributed by atoms with Crippen molar-refractivity contribution in [3.05, 3.63) is 48.2 Å². The van der Waals surface area contributed by atoms with E-state index in [1.807, 2.05) is 30.3 Å². The number of hydrogen-bond donors (Lipinski definition) is 1. The molecule has 0 atom stereocenters. The van der Waals surface area contributed by atoms with Gasteiger partial charge in [-0.15, -0.1) is 0 Å². The maximum absolute atomic E-state index is 12.3. The van der Waals surface area contributed by atoms with E-state index < -0.39 is 0 Å². The number of rotatable bonds is 5. The summed E-state index contributed by atoms with van der Waals surface area (Å²) in [6.07, 6.45) is 0. The number of likely N-dealkylation sites (N-methyl/N-ethyl adjacent to an activating group) is 1. The first-order valence-corrected chi connectivity index (χ1v) is 8.46. The third kappa shape index (κ3) is 4.49. The molecule has 0 bridgehead atoms. The molecule has 3 rings (SSSR count). The van der Waals surface area contributed by atoms with Gasteiger partial charge in [0.25, 0.3) is 0 Å². The normalized spacial score (nSPS) is 13.8. The molecule has 1 amide bonds. The van der Waals surface area contributed by atoms with Crippen molar-refractivity contribution in [2.45, 2.75) is 0 Å². The van der Waals surface area contributed by atoms with Crippen molar-refractivity contribution < 1.29 is 9.53 Å². The van der Waals surface area contributed by atoms with Crippen molar-refractivity contribution in [2.24, 2.45) is 0 Å². The van der Waals surface area contributed by atoms with Crippen molar-refractivity contribution in [3.63, 3.8) is 0 Å². The molecule has 1 saturated heterocycles. The number of amides is 1. The van der Waals surface area contributed by atoms with Crippen LogP contribution < -0.4 is 15.1 Å². The zero-order valence-corrected chi connectivity index (χ0v) is 14.7. The van der Waals surface area contributed by atoms with Gasteiger partial charge in [0.1, 0.15) is 17.6 Å². The van der Waals surface area contributed by atoms with E-state index in [1.165, 1.54) is 0 Å². The molecular weight excluding hydrogens is 330 g/mol. The Labute approximate surface area is 152 Å². The summed E-state index contributed by atoms with van der Waals surface area (Å²) in [5, 5.41) is 11.8. The van der Waals surface area contributed by atoms with Gasteiger partial charge in [0.15, 0.2) is 0 Å². The largest absolute Gasteiger partial charge is 0.378 e. The summed E-state index contributed by atoms with van der Waals surface area (Å²) >= 11 is 0.